The first-order chi connectivity index (χ1) is 14.3. The molecule has 1 unspecified atom stereocenters. The number of nitrogen functional groups attached to an aromatic ring is 1. The van der Waals surface area contributed by atoms with E-state index in [9.17, 15) is 19.5 Å². The molecule has 15 heteroatoms. The summed E-state index contributed by atoms with van der Waals surface area (Å²) >= 11 is 3.91. The molecule has 0 bridgehead atoms. The summed E-state index contributed by atoms with van der Waals surface area (Å²) in [5, 5.41) is 24.0. The molecule has 0 aromatic carbocycles. The Kier molecular flexibility index (Phi) is 5.66. The van der Waals surface area contributed by atoms with Crippen molar-refractivity contribution in [3.05, 3.63) is 22.3 Å². The molecule has 2 aliphatic heterocycles. The number of nitrogens with zero attached hydrogens (tertiary/aromatic N) is 6. The summed E-state index contributed by atoms with van der Waals surface area (Å²) in [5.74, 6) is -1.20. The van der Waals surface area contributed by atoms with Crippen LogP contribution >= 0.6 is 34.9 Å². The largest absolute Gasteiger partial charge is 0.477 e. The third-order valence-electron chi connectivity index (χ3n) is 4.43. The van der Waals surface area contributed by atoms with E-state index in [4.69, 9.17) is 5.73 Å². The van der Waals surface area contributed by atoms with Gasteiger partial charge in [0.15, 0.2) is 5.13 Å². The molecule has 0 radical (unpaired) electrons. The van der Waals surface area contributed by atoms with E-state index in [0.29, 0.717) is 32.2 Å². The first-order valence-electron chi connectivity index (χ1n) is 8.60. The number of β-lactam (4-membered cyclic amide) rings is 1. The molecule has 158 valence electrons. The quantitative estimate of drug-likeness (QED) is 0.348. The number of aryl methyl sites for hydroxylation is 1. The lowest BCUT2D eigenvalue weighted by Gasteiger charge is -2.49. The molecule has 2 atom stereocenters. The van der Waals surface area contributed by atoms with Crippen LogP contribution in [0.1, 0.15) is 4.88 Å². The molecule has 4 N–H and O–H groups in total. The Morgan fingerprint density at radius 3 is 2.90 bits per heavy atom. The molecule has 1 saturated heterocycles. The van der Waals surface area contributed by atoms with Gasteiger partial charge in [-0.25, -0.2) is 14.5 Å². The maximum atomic E-state index is 12.7. The number of carboxylic acid groups (broad SMARTS) is 1. The number of nitrogens with one attached hydrogen (secondary N) is 1. The highest BCUT2D eigenvalue weighted by Gasteiger charge is 2.54. The molecular weight excluding hydrogens is 452 g/mol. The number of hydrogen-bond acceptors (Lipinski definition) is 11. The number of amides is 2. The fourth-order valence-electron chi connectivity index (χ4n) is 3.08. The van der Waals surface area contributed by atoms with E-state index in [-0.39, 0.29) is 18.0 Å². The fraction of sp³-hybridized carbons (Fsp3) is 0.400. The number of carbonyl (C=O) groups excluding carboxylic acids is 2. The van der Waals surface area contributed by atoms with Crippen molar-refractivity contribution >= 4 is 57.8 Å². The van der Waals surface area contributed by atoms with E-state index in [2.05, 4.69) is 25.8 Å². The Hall–Kier alpha value is -2.65. The third kappa shape index (κ3) is 3.87. The predicted octanol–water partition coefficient (Wildman–Crippen LogP) is -0.678. The zero-order valence-corrected chi connectivity index (χ0v) is 18.0. The second-order valence-electron chi connectivity index (χ2n) is 6.43. The van der Waals surface area contributed by atoms with Gasteiger partial charge in [-0.3, -0.25) is 14.5 Å². The number of carboxylic acids is 1. The van der Waals surface area contributed by atoms with Gasteiger partial charge in [-0.05, 0) is 16.0 Å². The van der Waals surface area contributed by atoms with Crippen molar-refractivity contribution in [2.24, 2.45) is 7.05 Å². The van der Waals surface area contributed by atoms with Crippen LogP contribution in [-0.2, 0) is 27.9 Å². The Labute approximate surface area is 182 Å². The molecule has 30 heavy (non-hydrogen) atoms. The van der Waals surface area contributed by atoms with E-state index < -0.39 is 23.3 Å². The number of anilines is 1. The summed E-state index contributed by atoms with van der Waals surface area (Å²) < 4.78 is 1.49. The molecule has 0 saturated carbocycles. The van der Waals surface area contributed by atoms with Gasteiger partial charge in [-0.15, -0.1) is 28.2 Å². The lowest BCUT2D eigenvalue weighted by molar-refractivity contribution is -0.150. The van der Waals surface area contributed by atoms with E-state index >= 15 is 0 Å². The average molecular weight is 469 g/mol. The van der Waals surface area contributed by atoms with Gasteiger partial charge in [0.25, 0.3) is 5.91 Å². The first-order valence-corrected chi connectivity index (χ1v) is 11.4. The number of carbonyl (C=O) groups is 3. The maximum absolute atomic E-state index is 12.7. The molecule has 2 aromatic rings. The van der Waals surface area contributed by atoms with Crippen LogP contribution in [0, 0.1) is 0 Å². The van der Waals surface area contributed by atoms with Crippen molar-refractivity contribution in [2.75, 3.05) is 17.2 Å². The summed E-state index contributed by atoms with van der Waals surface area (Å²) in [7, 11) is 1.69. The van der Waals surface area contributed by atoms with Gasteiger partial charge >= 0.3 is 5.97 Å². The zero-order valence-electron chi connectivity index (χ0n) is 15.5. The molecule has 2 amide bonds. The van der Waals surface area contributed by atoms with Crippen molar-refractivity contribution in [1.82, 2.24) is 35.4 Å². The second kappa shape index (κ2) is 8.23. The molecule has 0 aliphatic carbocycles. The van der Waals surface area contributed by atoms with E-state index in [0.717, 1.165) is 0 Å². The van der Waals surface area contributed by atoms with E-state index in [1.807, 2.05) is 0 Å². The fourth-order valence-corrected chi connectivity index (χ4v) is 6.09. The van der Waals surface area contributed by atoms with Gasteiger partial charge < -0.3 is 16.2 Å². The smallest absolute Gasteiger partial charge is 0.352 e. The third-order valence-corrected chi connectivity index (χ3v) is 7.69. The van der Waals surface area contributed by atoms with Crippen LogP contribution in [0.5, 0.6) is 0 Å². The summed E-state index contributed by atoms with van der Waals surface area (Å²) in [5.41, 5.74) is 6.13. The van der Waals surface area contributed by atoms with Crippen molar-refractivity contribution in [2.45, 2.75) is 23.0 Å². The molecule has 4 heterocycles. The van der Waals surface area contributed by atoms with Gasteiger partial charge in [-0.2, -0.15) is 0 Å². The lowest BCUT2D eigenvalue weighted by Crippen LogP contribution is -2.70. The number of fused-ring (bicyclic) bond motifs is 1. The highest BCUT2D eigenvalue weighted by atomic mass is 32.2. The van der Waals surface area contributed by atoms with Crippen LogP contribution in [0.3, 0.4) is 0 Å². The highest BCUT2D eigenvalue weighted by molar-refractivity contribution is 8.01. The summed E-state index contributed by atoms with van der Waals surface area (Å²) in [6.07, 6.45) is 1.58. The zero-order chi connectivity index (χ0) is 21.4. The number of nitrogens with two attached hydrogens (primary N) is 1. The minimum absolute atomic E-state index is 0.0351. The number of thiazole rings is 1. The number of aliphatic carboxylic acids is 1. The van der Waals surface area contributed by atoms with Crippen LogP contribution in [0.15, 0.2) is 22.6 Å². The SMILES string of the molecule is Cn1nnnc1SCC1=C(C(=O)O)N2C(=O)C(NC(=O)Cc3cnc(N)s3)[C@H]2SC1. The molecule has 4 rings (SSSR count). The van der Waals surface area contributed by atoms with Crippen LogP contribution in [0.4, 0.5) is 5.13 Å². The minimum Gasteiger partial charge on any atom is -0.477 e. The highest BCUT2D eigenvalue weighted by Crippen LogP contribution is 2.41. The average Bonchev–Trinajstić information content (AvgIpc) is 3.31. The topological polar surface area (TPSA) is 169 Å². The molecule has 2 aliphatic rings. The van der Waals surface area contributed by atoms with Crippen LogP contribution in [-0.4, -0.2) is 75.9 Å². The maximum Gasteiger partial charge on any atom is 0.352 e. The second-order valence-corrected chi connectivity index (χ2v) is 9.62. The number of tetrazole rings is 1. The van der Waals surface area contributed by atoms with E-state index in [1.54, 1.807) is 7.05 Å². The van der Waals surface area contributed by atoms with Gasteiger partial charge in [0, 0.05) is 29.6 Å². The molecule has 2 aromatic heterocycles. The van der Waals surface area contributed by atoms with Crippen molar-refractivity contribution < 1.29 is 19.5 Å². The number of rotatable bonds is 7. The summed E-state index contributed by atoms with van der Waals surface area (Å²) in [4.78, 5) is 42.7. The van der Waals surface area contributed by atoms with E-state index in [1.165, 1.54) is 50.6 Å². The van der Waals surface area contributed by atoms with Crippen LogP contribution < -0.4 is 11.1 Å². The van der Waals surface area contributed by atoms with Gasteiger partial charge in [0.2, 0.25) is 11.1 Å². The Morgan fingerprint density at radius 2 is 2.27 bits per heavy atom. The predicted molar refractivity (Wildman–Crippen MR) is 109 cm³/mol. The monoisotopic (exact) mass is 468 g/mol. The Morgan fingerprint density at radius 1 is 1.47 bits per heavy atom. The summed E-state index contributed by atoms with van der Waals surface area (Å²) in [6.45, 7) is 0. The van der Waals surface area contributed by atoms with Crippen molar-refractivity contribution in [3.63, 3.8) is 0 Å². The standard InChI is InChI=1S/C15H16N8O4S3/c1-22-15(19-20-21-22)29-5-6-4-28-12-9(11(25)23(12)10(6)13(26)27)18-8(24)2-7-3-17-14(16)30-7/h3,9,12H,2,4-5H2,1H3,(H2,16,17)(H,18,24)(H,26,27)/t9?,12-/m1/s1. The Balaban J connectivity index is 1.44. The molecule has 1 fully saturated rings. The lowest BCUT2D eigenvalue weighted by atomic mass is 10.0. The molecule has 12 nitrogen and oxygen atoms in total. The number of thioether (sulfide) groups is 2. The first kappa shape index (κ1) is 20.6. The normalized spacial score (nSPS) is 20.7. The van der Waals surface area contributed by atoms with Gasteiger partial charge in [0.1, 0.15) is 17.1 Å². The Bertz CT molecular complexity index is 1050. The molecular formula is C15H16N8O4S3. The van der Waals surface area contributed by atoms with Crippen molar-refractivity contribution in [3.8, 4) is 0 Å². The van der Waals surface area contributed by atoms with Gasteiger partial charge in [0.05, 0.1) is 6.42 Å². The number of hydrogen-bond donors (Lipinski definition) is 3. The van der Waals surface area contributed by atoms with Gasteiger partial charge in [-0.1, -0.05) is 11.8 Å². The van der Waals surface area contributed by atoms with Crippen LogP contribution in [0.25, 0.3) is 0 Å². The summed E-state index contributed by atoms with van der Waals surface area (Å²) in [6, 6.07) is -0.765. The minimum atomic E-state index is -1.18. The van der Waals surface area contributed by atoms with Crippen molar-refractivity contribution in [1.29, 1.82) is 0 Å². The molecule has 0 spiro atoms. The number of aromatic nitrogens is 5. The van der Waals surface area contributed by atoms with Crippen LogP contribution in [0.2, 0.25) is 0 Å².